The molecule has 2 aromatic rings. The molecule has 0 radical (unpaired) electrons. The first-order valence-corrected chi connectivity index (χ1v) is 8.86. The molecule has 5 nitrogen and oxygen atoms in total. The number of fused-ring (bicyclic) bond motifs is 1. The predicted molar refractivity (Wildman–Crippen MR) is 99.8 cm³/mol. The van der Waals surface area contributed by atoms with Gasteiger partial charge in [0, 0.05) is 6.54 Å². The summed E-state index contributed by atoms with van der Waals surface area (Å²) in [5.74, 6) is -2.07. The summed E-state index contributed by atoms with van der Waals surface area (Å²) in [6, 6.07) is 9.35. The van der Waals surface area contributed by atoms with E-state index in [4.69, 9.17) is 0 Å². The van der Waals surface area contributed by atoms with Crippen molar-refractivity contribution in [3.05, 3.63) is 59.9 Å². The van der Waals surface area contributed by atoms with Gasteiger partial charge in [0.15, 0.2) is 0 Å². The van der Waals surface area contributed by atoms with E-state index < -0.39 is 36.3 Å². The summed E-state index contributed by atoms with van der Waals surface area (Å²) in [5, 5.41) is 2.42. The number of carbonyl (C=O) groups is 2. The topological polar surface area (TPSA) is 52.7 Å². The molecule has 9 heteroatoms. The van der Waals surface area contributed by atoms with Crippen LogP contribution in [-0.4, -0.2) is 42.5 Å². The molecule has 1 N–H and O–H groups in total. The van der Waals surface area contributed by atoms with E-state index in [-0.39, 0.29) is 24.5 Å². The van der Waals surface area contributed by atoms with Gasteiger partial charge < -0.3 is 5.32 Å². The quantitative estimate of drug-likeness (QED) is 0.786. The maximum Gasteiger partial charge on any atom is 0.409 e. The van der Waals surface area contributed by atoms with Crippen LogP contribution in [0.5, 0.6) is 0 Å². The zero-order chi connectivity index (χ0) is 21.2. The number of likely N-dealkylation sites (N-methyl/N-ethyl adjacent to an activating group) is 1. The molecule has 29 heavy (non-hydrogen) atoms. The maximum absolute atomic E-state index is 13.7. The van der Waals surface area contributed by atoms with Crippen molar-refractivity contribution in [2.75, 3.05) is 23.8 Å². The fourth-order valence-electron chi connectivity index (χ4n) is 3.31. The molecule has 0 spiro atoms. The first-order chi connectivity index (χ1) is 13.6. The van der Waals surface area contributed by atoms with Gasteiger partial charge in [0.2, 0.25) is 11.8 Å². The van der Waals surface area contributed by atoms with E-state index in [1.165, 1.54) is 41.3 Å². The van der Waals surface area contributed by atoms with Gasteiger partial charge in [-0.3, -0.25) is 19.4 Å². The number of nitrogens with one attached hydrogen (secondary N) is 1. The summed E-state index contributed by atoms with van der Waals surface area (Å²) in [5.41, 5.74) is 0.719. The summed E-state index contributed by atoms with van der Waals surface area (Å²) in [6.45, 7) is -0.168. The van der Waals surface area contributed by atoms with E-state index in [0.717, 1.165) is 0 Å². The zero-order valence-corrected chi connectivity index (χ0v) is 15.5. The van der Waals surface area contributed by atoms with Crippen LogP contribution in [0.4, 0.5) is 28.9 Å². The second-order valence-corrected chi connectivity index (χ2v) is 6.89. The van der Waals surface area contributed by atoms with Gasteiger partial charge in [-0.25, -0.2) is 4.39 Å². The number of benzene rings is 2. The van der Waals surface area contributed by atoms with Crippen molar-refractivity contribution in [2.45, 2.75) is 25.2 Å². The number of hydrogen-bond acceptors (Lipinski definition) is 3. The Hall–Kier alpha value is -2.94. The molecule has 1 aliphatic heterocycles. The molecule has 2 amide bonds. The average Bonchev–Trinajstić information content (AvgIpc) is 2.77. The molecular weight excluding hydrogens is 390 g/mol. The van der Waals surface area contributed by atoms with E-state index in [0.29, 0.717) is 10.5 Å². The molecule has 1 atom stereocenters. The van der Waals surface area contributed by atoms with Crippen molar-refractivity contribution in [3.8, 4) is 0 Å². The number of nitrogens with zero attached hydrogens (tertiary/aromatic N) is 2. The number of carbonyl (C=O) groups excluding carboxylic acids is 2. The Bertz CT molecular complexity index is 917. The Morgan fingerprint density at radius 3 is 2.62 bits per heavy atom. The van der Waals surface area contributed by atoms with Crippen molar-refractivity contribution in [1.82, 2.24) is 4.90 Å². The first kappa shape index (κ1) is 20.8. The van der Waals surface area contributed by atoms with Gasteiger partial charge >= 0.3 is 6.18 Å². The molecule has 0 bridgehead atoms. The molecule has 0 aromatic heterocycles. The highest BCUT2D eigenvalue weighted by Crippen LogP contribution is 2.37. The van der Waals surface area contributed by atoms with Crippen LogP contribution in [-0.2, 0) is 16.1 Å². The number of alkyl halides is 3. The van der Waals surface area contributed by atoms with Crippen molar-refractivity contribution >= 4 is 23.2 Å². The number of hydrogen-bond donors (Lipinski definition) is 1. The molecule has 0 unspecified atom stereocenters. The lowest BCUT2D eigenvalue weighted by Gasteiger charge is -2.33. The van der Waals surface area contributed by atoms with Gasteiger partial charge in [-0.1, -0.05) is 24.3 Å². The highest BCUT2D eigenvalue weighted by molar-refractivity contribution is 6.05. The minimum atomic E-state index is -4.79. The number of rotatable bonds is 4. The van der Waals surface area contributed by atoms with Crippen molar-refractivity contribution in [3.63, 3.8) is 0 Å². The molecule has 0 saturated heterocycles. The average molecular weight is 409 g/mol. The van der Waals surface area contributed by atoms with Crippen LogP contribution in [0.15, 0.2) is 48.5 Å². The molecule has 0 fully saturated rings. The van der Waals surface area contributed by atoms with Gasteiger partial charge in [0.1, 0.15) is 11.9 Å². The third-order valence-electron chi connectivity index (χ3n) is 4.52. The van der Waals surface area contributed by atoms with E-state index >= 15 is 0 Å². The maximum atomic E-state index is 13.7. The summed E-state index contributed by atoms with van der Waals surface area (Å²) in [6.07, 6.45) is -5.68. The largest absolute Gasteiger partial charge is 0.409 e. The Balaban J connectivity index is 1.87. The first-order valence-electron chi connectivity index (χ1n) is 8.86. The third-order valence-corrected chi connectivity index (χ3v) is 4.52. The van der Waals surface area contributed by atoms with Crippen LogP contribution in [0.2, 0.25) is 0 Å². The standard InChI is InChI=1S/C20H19F4N3O2/c1-26(11-13-5-4-6-14(21)9-13)12-19(29)27-16-8-3-2-7-15(16)25-18(28)10-17(27)20(22,23)24/h2-9,17H,10-12H2,1H3,(H,25,28)/t17-/m1/s1. The van der Waals surface area contributed by atoms with Crippen LogP contribution in [0.25, 0.3) is 0 Å². The smallest absolute Gasteiger partial charge is 0.324 e. The van der Waals surface area contributed by atoms with Crippen molar-refractivity contribution in [2.24, 2.45) is 0 Å². The Morgan fingerprint density at radius 2 is 1.93 bits per heavy atom. The second kappa shape index (κ2) is 8.20. The van der Waals surface area contributed by atoms with Crippen molar-refractivity contribution < 1.29 is 27.2 Å². The lowest BCUT2D eigenvalue weighted by atomic mass is 10.1. The number of anilines is 2. The van der Waals surface area contributed by atoms with Crippen LogP contribution in [0.3, 0.4) is 0 Å². The molecule has 0 aliphatic carbocycles. The van der Waals surface area contributed by atoms with Gasteiger partial charge in [0.25, 0.3) is 0 Å². The molecule has 0 saturated carbocycles. The Morgan fingerprint density at radius 1 is 1.21 bits per heavy atom. The van der Waals surface area contributed by atoms with Crippen LogP contribution >= 0.6 is 0 Å². The summed E-state index contributed by atoms with van der Waals surface area (Å²) >= 11 is 0. The van der Waals surface area contributed by atoms with E-state index in [9.17, 15) is 27.2 Å². The highest BCUT2D eigenvalue weighted by Gasteiger charge is 2.49. The number of para-hydroxylation sites is 2. The Labute approximate surface area is 164 Å². The Kier molecular flexibility index (Phi) is 5.88. The molecular formula is C20H19F4N3O2. The SMILES string of the molecule is CN(CC(=O)N1c2ccccc2NC(=O)C[C@@H]1C(F)(F)F)Cc1cccc(F)c1. The van der Waals surface area contributed by atoms with E-state index in [1.54, 1.807) is 19.2 Å². The van der Waals surface area contributed by atoms with Gasteiger partial charge in [-0.05, 0) is 36.9 Å². The van der Waals surface area contributed by atoms with Gasteiger partial charge in [-0.2, -0.15) is 13.2 Å². The second-order valence-electron chi connectivity index (χ2n) is 6.89. The molecule has 1 heterocycles. The van der Waals surface area contributed by atoms with Crippen LogP contribution < -0.4 is 10.2 Å². The number of amides is 2. The fraction of sp³-hybridized carbons (Fsp3) is 0.300. The van der Waals surface area contributed by atoms with Gasteiger partial charge in [-0.15, -0.1) is 0 Å². The monoisotopic (exact) mass is 409 g/mol. The van der Waals surface area contributed by atoms with E-state index in [1.807, 2.05) is 0 Å². The normalized spacial score (nSPS) is 17.0. The predicted octanol–water partition coefficient (Wildman–Crippen LogP) is 3.56. The lowest BCUT2D eigenvalue weighted by molar-refractivity contribution is -0.158. The highest BCUT2D eigenvalue weighted by atomic mass is 19.4. The lowest BCUT2D eigenvalue weighted by Crippen LogP contribution is -2.52. The van der Waals surface area contributed by atoms with Crippen LogP contribution in [0.1, 0.15) is 12.0 Å². The molecule has 3 rings (SSSR count). The third kappa shape index (κ3) is 4.92. The zero-order valence-electron chi connectivity index (χ0n) is 15.5. The molecule has 2 aromatic carbocycles. The molecule has 1 aliphatic rings. The summed E-state index contributed by atoms with van der Waals surface area (Å²) in [7, 11) is 1.55. The fourth-order valence-corrected chi connectivity index (χ4v) is 3.31. The van der Waals surface area contributed by atoms with E-state index in [2.05, 4.69) is 5.32 Å². The van der Waals surface area contributed by atoms with Crippen molar-refractivity contribution in [1.29, 1.82) is 0 Å². The van der Waals surface area contributed by atoms with Crippen LogP contribution in [0, 0.1) is 5.82 Å². The summed E-state index contributed by atoms with van der Waals surface area (Å²) < 4.78 is 54.4. The minimum absolute atomic E-state index is 0.00942. The number of halogens is 4. The summed E-state index contributed by atoms with van der Waals surface area (Å²) in [4.78, 5) is 27.0. The minimum Gasteiger partial charge on any atom is -0.324 e. The molecule has 154 valence electrons. The van der Waals surface area contributed by atoms with Gasteiger partial charge in [0.05, 0.1) is 24.3 Å².